The lowest BCUT2D eigenvalue weighted by Gasteiger charge is -2.40. The summed E-state index contributed by atoms with van der Waals surface area (Å²) >= 11 is 5.85. The average Bonchev–Trinajstić information content (AvgIpc) is 2.62. The number of allylic oxidation sites excluding steroid dienone is 1. The van der Waals surface area contributed by atoms with E-state index in [0.717, 1.165) is 0 Å². The van der Waals surface area contributed by atoms with Gasteiger partial charge in [-0.1, -0.05) is 17.7 Å². The molecule has 1 aliphatic rings. The lowest BCUT2D eigenvalue weighted by atomic mass is 9.97. The Morgan fingerprint density at radius 2 is 2.00 bits per heavy atom. The van der Waals surface area contributed by atoms with Crippen LogP contribution in [0.3, 0.4) is 0 Å². The van der Waals surface area contributed by atoms with Crippen LogP contribution in [0.25, 0.3) is 5.57 Å². The van der Waals surface area contributed by atoms with E-state index in [1.165, 1.54) is 23.6 Å². The molecule has 0 spiro atoms. The van der Waals surface area contributed by atoms with Crippen LogP contribution in [0.2, 0.25) is 5.15 Å². The zero-order chi connectivity index (χ0) is 19.6. The Morgan fingerprint density at radius 1 is 1.30 bits per heavy atom. The predicted molar refractivity (Wildman–Crippen MR) is 99.4 cm³/mol. The number of hydrogen-bond donors (Lipinski definition) is 1. The first-order chi connectivity index (χ1) is 12.8. The van der Waals surface area contributed by atoms with E-state index in [1.54, 1.807) is 39.0 Å². The molecule has 27 heavy (non-hydrogen) atoms. The molecule has 1 N–H and O–H groups in total. The molecule has 1 aliphatic heterocycles. The van der Waals surface area contributed by atoms with Crippen molar-refractivity contribution >= 4 is 34.8 Å². The molecule has 3 rings (SSSR count). The van der Waals surface area contributed by atoms with Crippen LogP contribution in [0.1, 0.15) is 26.3 Å². The highest BCUT2D eigenvalue weighted by atomic mass is 35.5. The normalized spacial score (nSPS) is 14.8. The van der Waals surface area contributed by atoms with Crippen LogP contribution in [-0.2, 0) is 14.3 Å². The number of halogens is 1. The van der Waals surface area contributed by atoms with E-state index in [9.17, 15) is 9.59 Å². The first kappa shape index (κ1) is 18.8. The first-order valence-electron chi connectivity index (χ1n) is 8.15. The molecule has 0 saturated heterocycles. The standard InChI is InChI=1S/C18H18ClN5O3/c1-11-15(12-7-20-9-21-8-12)16(25)24(10-27-11)18(2,3)17(26)23-14-6-4-5-13(19)22-14/h4-9H,10H2,1-3H3,(H,22,23,26). The molecule has 0 aromatic carbocycles. The van der Waals surface area contributed by atoms with Gasteiger partial charge < -0.3 is 10.1 Å². The average molecular weight is 388 g/mol. The summed E-state index contributed by atoms with van der Waals surface area (Å²) in [5.41, 5.74) is -0.358. The van der Waals surface area contributed by atoms with Gasteiger partial charge in [0, 0.05) is 18.0 Å². The largest absolute Gasteiger partial charge is 0.477 e. The van der Waals surface area contributed by atoms with Crippen molar-refractivity contribution in [1.29, 1.82) is 0 Å². The summed E-state index contributed by atoms with van der Waals surface area (Å²) in [6, 6.07) is 4.89. The molecule has 0 unspecified atom stereocenters. The Bertz CT molecular complexity index is 914. The minimum atomic E-state index is -1.21. The molecule has 9 heteroatoms. The summed E-state index contributed by atoms with van der Waals surface area (Å²) < 4.78 is 5.65. The predicted octanol–water partition coefficient (Wildman–Crippen LogP) is 2.49. The molecule has 2 aromatic heterocycles. The second-order valence-electron chi connectivity index (χ2n) is 6.42. The quantitative estimate of drug-likeness (QED) is 0.809. The highest BCUT2D eigenvalue weighted by Gasteiger charge is 2.42. The van der Waals surface area contributed by atoms with Gasteiger partial charge in [0.25, 0.3) is 11.8 Å². The zero-order valence-electron chi connectivity index (χ0n) is 15.1. The van der Waals surface area contributed by atoms with Crippen molar-refractivity contribution in [2.75, 3.05) is 12.0 Å². The van der Waals surface area contributed by atoms with Crippen molar-refractivity contribution in [2.45, 2.75) is 26.3 Å². The number of hydrogen-bond acceptors (Lipinski definition) is 6. The molecule has 0 bridgehead atoms. The number of carbonyl (C=O) groups is 2. The lowest BCUT2D eigenvalue weighted by molar-refractivity contribution is -0.147. The molecular formula is C18H18ClN5O3. The van der Waals surface area contributed by atoms with Gasteiger partial charge in [0.15, 0.2) is 6.73 Å². The Labute approximate surface area is 161 Å². The van der Waals surface area contributed by atoms with Gasteiger partial charge >= 0.3 is 0 Å². The third-order valence-electron chi connectivity index (χ3n) is 4.26. The smallest absolute Gasteiger partial charge is 0.261 e. The lowest BCUT2D eigenvalue weighted by Crippen LogP contribution is -2.57. The number of nitrogens with one attached hydrogen (secondary N) is 1. The summed E-state index contributed by atoms with van der Waals surface area (Å²) in [5, 5.41) is 2.94. The third-order valence-corrected chi connectivity index (χ3v) is 4.47. The summed E-state index contributed by atoms with van der Waals surface area (Å²) in [7, 11) is 0. The molecule has 8 nitrogen and oxygen atoms in total. The molecule has 0 aliphatic carbocycles. The monoisotopic (exact) mass is 387 g/mol. The molecule has 2 amide bonds. The maximum absolute atomic E-state index is 13.1. The highest BCUT2D eigenvalue weighted by Crippen LogP contribution is 2.30. The van der Waals surface area contributed by atoms with Gasteiger partial charge in [-0.15, -0.1) is 0 Å². The van der Waals surface area contributed by atoms with Gasteiger partial charge in [-0.25, -0.2) is 15.0 Å². The maximum Gasteiger partial charge on any atom is 0.261 e. The SMILES string of the molecule is CC1=C(c2cncnc2)C(=O)N(C(C)(C)C(=O)Nc2cccc(Cl)n2)CO1. The van der Waals surface area contributed by atoms with Crippen molar-refractivity contribution in [1.82, 2.24) is 19.9 Å². The number of ether oxygens (including phenoxy) is 1. The highest BCUT2D eigenvalue weighted by molar-refractivity contribution is 6.29. The second kappa shape index (κ2) is 7.32. The van der Waals surface area contributed by atoms with Gasteiger partial charge in [0.05, 0.1) is 5.57 Å². The molecule has 140 valence electrons. The Balaban J connectivity index is 1.86. The van der Waals surface area contributed by atoms with E-state index in [0.29, 0.717) is 22.7 Å². The van der Waals surface area contributed by atoms with E-state index in [2.05, 4.69) is 20.3 Å². The van der Waals surface area contributed by atoms with Crippen LogP contribution in [0.4, 0.5) is 5.82 Å². The maximum atomic E-state index is 13.1. The van der Waals surface area contributed by atoms with Gasteiger partial charge in [0.2, 0.25) is 0 Å². The fourth-order valence-electron chi connectivity index (χ4n) is 2.62. The number of nitrogens with zero attached hydrogens (tertiary/aromatic N) is 4. The Morgan fingerprint density at radius 3 is 2.67 bits per heavy atom. The summed E-state index contributed by atoms with van der Waals surface area (Å²) in [6.45, 7) is 4.91. The molecule has 0 radical (unpaired) electrons. The van der Waals surface area contributed by atoms with E-state index >= 15 is 0 Å². The van der Waals surface area contributed by atoms with Crippen LogP contribution in [-0.4, -0.2) is 43.9 Å². The molecule has 0 fully saturated rings. The number of aromatic nitrogens is 3. The number of rotatable bonds is 4. The van der Waals surface area contributed by atoms with E-state index < -0.39 is 11.4 Å². The summed E-state index contributed by atoms with van der Waals surface area (Å²) in [5.74, 6) is -0.00157. The number of amides is 2. The van der Waals surface area contributed by atoms with Crippen LogP contribution in [0.5, 0.6) is 0 Å². The molecule has 0 atom stereocenters. The minimum absolute atomic E-state index is 0.0503. The summed E-state index contributed by atoms with van der Waals surface area (Å²) in [4.78, 5) is 39.2. The van der Waals surface area contributed by atoms with Crippen molar-refractivity contribution < 1.29 is 14.3 Å². The molecule has 3 heterocycles. The van der Waals surface area contributed by atoms with Crippen molar-refractivity contribution in [3.05, 3.63) is 53.4 Å². The van der Waals surface area contributed by atoms with Gasteiger partial charge in [-0.3, -0.25) is 14.5 Å². The molecule has 2 aromatic rings. The van der Waals surface area contributed by atoms with Gasteiger partial charge in [-0.05, 0) is 32.9 Å². The van der Waals surface area contributed by atoms with Crippen LogP contribution < -0.4 is 5.32 Å². The fourth-order valence-corrected chi connectivity index (χ4v) is 2.78. The summed E-state index contributed by atoms with van der Waals surface area (Å²) in [6.07, 6.45) is 4.43. The number of carbonyl (C=O) groups excluding carboxylic acids is 2. The molecule has 0 saturated carbocycles. The minimum Gasteiger partial charge on any atom is -0.477 e. The van der Waals surface area contributed by atoms with Crippen molar-refractivity contribution in [3.8, 4) is 0 Å². The van der Waals surface area contributed by atoms with Crippen molar-refractivity contribution in [2.24, 2.45) is 0 Å². The van der Waals surface area contributed by atoms with Gasteiger partial charge in [-0.2, -0.15) is 0 Å². The van der Waals surface area contributed by atoms with E-state index in [1.807, 2.05) is 0 Å². The molecular weight excluding hydrogens is 370 g/mol. The van der Waals surface area contributed by atoms with Crippen LogP contribution in [0.15, 0.2) is 42.7 Å². The topological polar surface area (TPSA) is 97.3 Å². The van der Waals surface area contributed by atoms with Gasteiger partial charge in [0.1, 0.15) is 28.6 Å². The Kier molecular flexibility index (Phi) is 5.09. The van der Waals surface area contributed by atoms with E-state index in [4.69, 9.17) is 16.3 Å². The second-order valence-corrected chi connectivity index (χ2v) is 6.81. The zero-order valence-corrected chi connectivity index (χ0v) is 15.8. The van der Waals surface area contributed by atoms with E-state index in [-0.39, 0.29) is 17.8 Å². The third kappa shape index (κ3) is 3.75. The first-order valence-corrected chi connectivity index (χ1v) is 8.53. The van der Waals surface area contributed by atoms with Crippen LogP contribution in [0, 0.1) is 0 Å². The number of anilines is 1. The van der Waals surface area contributed by atoms with Crippen LogP contribution >= 0.6 is 11.6 Å². The fraction of sp³-hybridized carbons (Fsp3) is 0.278. The number of pyridine rings is 1. The Hall–Kier alpha value is -3.00. The van der Waals surface area contributed by atoms with Crippen molar-refractivity contribution in [3.63, 3.8) is 0 Å².